The van der Waals surface area contributed by atoms with E-state index in [-0.39, 0.29) is 23.7 Å². The van der Waals surface area contributed by atoms with Crippen molar-refractivity contribution in [2.45, 2.75) is 38.1 Å². The van der Waals surface area contributed by atoms with Crippen molar-refractivity contribution in [2.24, 2.45) is 0 Å². The van der Waals surface area contributed by atoms with Gasteiger partial charge in [-0.2, -0.15) is 0 Å². The summed E-state index contributed by atoms with van der Waals surface area (Å²) in [5.41, 5.74) is 3.60. The fourth-order valence-corrected chi connectivity index (χ4v) is 5.06. The summed E-state index contributed by atoms with van der Waals surface area (Å²) in [7, 11) is 0. The number of nitrogens with zero attached hydrogens (tertiary/aromatic N) is 4. The standard InChI is InChI=1S/C27H26ClFN6O2/c28-20-13-16(4-8-19(20)27(37)32-18-6-7-18)23-15-31-26-25(30-10-2-12-34-11-1-3-24(34)36)33-21-9-5-17(29)14-22(21)35(23)26/h4-5,8-9,13-15,18H,1-3,6-7,10-12H2,(H,30,33)(H,32,37). The van der Waals surface area contributed by atoms with Gasteiger partial charge in [-0.3, -0.25) is 14.0 Å². The summed E-state index contributed by atoms with van der Waals surface area (Å²) in [6.07, 6.45) is 6.01. The summed E-state index contributed by atoms with van der Waals surface area (Å²) in [6.45, 7) is 2.12. The van der Waals surface area contributed by atoms with E-state index in [2.05, 4.69) is 15.6 Å². The molecule has 0 unspecified atom stereocenters. The van der Waals surface area contributed by atoms with Gasteiger partial charge in [0, 0.05) is 43.7 Å². The topological polar surface area (TPSA) is 91.6 Å². The Morgan fingerprint density at radius 1 is 1.19 bits per heavy atom. The third kappa shape index (κ3) is 4.71. The van der Waals surface area contributed by atoms with Crippen LogP contribution < -0.4 is 10.6 Å². The fraction of sp³-hybridized carbons (Fsp3) is 0.333. The normalized spacial score (nSPS) is 15.6. The molecular formula is C27H26ClFN6O2. The Balaban J connectivity index is 1.33. The van der Waals surface area contributed by atoms with Gasteiger partial charge in [0.15, 0.2) is 11.5 Å². The van der Waals surface area contributed by atoms with E-state index in [9.17, 15) is 14.0 Å². The summed E-state index contributed by atoms with van der Waals surface area (Å²) in [5.74, 6) is 0.220. The van der Waals surface area contributed by atoms with Crippen LogP contribution in [0.4, 0.5) is 10.2 Å². The highest BCUT2D eigenvalue weighted by Gasteiger charge is 2.25. The predicted molar refractivity (Wildman–Crippen MR) is 140 cm³/mol. The third-order valence-electron chi connectivity index (χ3n) is 6.87. The van der Waals surface area contributed by atoms with Gasteiger partial charge in [0.25, 0.3) is 5.91 Å². The van der Waals surface area contributed by atoms with Gasteiger partial charge < -0.3 is 15.5 Å². The molecule has 190 valence electrons. The summed E-state index contributed by atoms with van der Waals surface area (Å²) in [5, 5.41) is 6.65. The molecule has 10 heteroatoms. The highest BCUT2D eigenvalue weighted by Crippen LogP contribution is 2.31. The van der Waals surface area contributed by atoms with E-state index in [1.54, 1.807) is 24.4 Å². The zero-order valence-corrected chi connectivity index (χ0v) is 20.9. The number of aromatic nitrogens is 3. The minimum atomic E-state index is -0.378. The molecule has 0 bridgehead atoms. The average Bonchev–Trinajstić information content (AvgIpc) is 3.42. The van der Waals surface area contributed by atoms with Crippen LogP contribution in [0.2, 0.25) is 5.02 Å². The van der Waals surface area contributed by atoms with Gasteiger partial charge in [-0.15, -0.1) is 0 Å². The van der Waals surface area contributed by atoms with Crippen molar-refractivity contribution in [3.8, 4) is 11.3 Å². The molecular weight excluding hydrogens is 495 g/mol. The van der Waals surface area contributed by atoms with Crippen molar-refractivity contribution in [3.05, 3.63) is 59.0 Å². The largest absolute Gasteiger partial charge is 0.367 e. The smallest absolute Gasteiger partial charge is 0.253 e. The molecule has 37 heavy (non-hydrogen) atoms. The first-order valence-electron chi connectivity index (χ1n) is 12.6. The van der Waals surface area contributed by atoms with E-state index in [1.807, 2.05) is 15.4 Å². The van der Waals surface area contributed by atoms with Crippen LogP contribution in [-0.2, 0) is 4.79 Å². The van der Waals surface area contributed by atoms with Crippen LogP contribution in [0.1, 0.15) is 42.5 Å². The molecule has 2 aromatic carbocycles. The van der Waals surface area contributed by atoms with Crippen molar-refractivity contribution < 1.29 is 14.0 Å². The molecule has 1 saturated heterocycles. The lowest BCUT2D eigenvalue weighted by atomic mass is 10.1. The molecule has 1 aliphatic carbocycles. The monoisotopic (exact) mass is 520 g/mol. The van der Waals surface area contributed by atoms with E-state index in [4.69, 9.17) is 16.6 Å². The Labute approximate surface area is 217 Å². The summed E-state index contributed by atoms with van der Waals surface area (Å²) >= 11 is 6.52. The van der Waals surface area contributed by atoms with Crippen molar-refractivity contribution in [1.29, 1.82) is 0 Å². The number of imidazole rings is 1. The van der Waals surface area contributed by atoms with E-state index in [0.717, 1.165) is 37.8 Å². The molecule has 2 aromatic heterocycles. The Morgan fingerprint density at radius 2 is 2.05 bits per heavy atom. The minimum Gasteiger partial charge on any atom is -0.367 e. The zero-order chi connectivity index (χ0) is 25.5. The van der Waals surface area contributed by atoms with Gasteiger partial charge in [-0.05, 0) is 49.9 Å². The quantitative estimate of drug-likeness (QED) is 0.330. The molecule has 2 amide bonds. The van der Waals surface area contributed by atoms with Crippen molar-refractivity contribution in [1.82, 2.24) is 24.6 Å². The van der Waals surface area contributed by atoms with Crippen LogP contribution in [0.15, 0.2) is 42.6 Å². The first-order valence-corrected chi connectivity index (χ1v) is 12.9. The van der Waals surface area contributed by atoms with Gasteiger partial charge in [-0.1, -0.05) is 17.7 Å². The van der Waals surface area contributed by atoms with Crippen LogP contribution in [0.25, 0.3) is 27.9 Å². The molecule has 2 aliphatic rings. The number of rotatable bonds is 8. The number of benzene rings is 2. The van der Waals surface area contributed by atoms with Crippen molar-refractivity contribution in [3.63, 3.8) is 0 Å². The lowest BCUT2D eigenvalue weighted by Gasteiger charge is -2.16. The molecule has 2 N–H and O–H groups in total. The third-order valence-corrected chi connectivity index (χ3v) is 7.19. The number of carbonyl (C=O) groups is 2. The van der Waals surface area contributed by atoms with Gasteiger partial charge in [-0.25, -0.2) is 14.4 Å². The molecule has 8 nitrogen and oxygen atoms in total. The van der Waals surface area contributed by atoms with Crippen LogP contribution in [-0.4, -0.2) is 56.8 Å². The molecule has 1 aliphatic heterocycles. The number of hydrogen-bond acceptors (Lipinski definition) is 5. The number of hydrogen-bond donors (Lipinski definition) is 2. The first kappa shape index (κ1) is 23.7. The minimum absolute atomic E-state index is 0.184. The molecule has 0 radical (unpaired) electrons. The molecule has 0 spiro atoms. The van der Waals surface area contributed by atoms with Crippen LogP contribution in [0.3, 0.4) is 0 Å². The summed E-state index contributed by atoms with van der Waals surface area (Å²) < 4.78 is 16.1. The van der Waals surface area contributed by atoms with Crippen molar-refractivity contribution in [2.75, 3.05) is 25.0 Å². The van der Waals surface area contributed by atoms with E-state index in [1.165, 1.54) is 12.1 Å². The van der Waals surface area contributed by atoms with E-state index < -0.39 is 0 Å². The number of amides is 2. The predicted octanol–water partition coefficient (Wildman–Crippen LogP) is 4.66. The molecule has 1 saturated carbocycles. The Kier molecular flexibility index (Phi) is 6.16. The number of carbonyl (C=O) groups excluding carboxylic acids is 2. The van der Waals surface area contributed by atoms with E-state index >= 15 is 0 Å². The fourth-order valence-electron chi connectivity index (χ4n) is 4.79. The number of nitrogens with one attached hydrogen (secondary N) is 2. The van der Waals surface area contributed by atoms with Crippen LogP contribution in [0, 0.1) is 5.82 Å². The number of anilines is 1. The number of likely N-dealkylation sites (tertiary alicyclic amines) is 1. The lowest BCUT2D eigenvalue weighted by Crippen LogP contribution is -2.27. The van der Waals surface area contributed by atoms with Gasteiger partial charge in [0.1, 0.15) is 5.82 Å². The Hall–Kier alpha value is -3.72. The Morgan fingerprint density at radius 3 is 2.81 bits per heavy atom. The summed E-state index contributed by atoms with van der Waals surface area (Å²) in [6, 6.07) is 9.95. The molecule has 4 aromatic rings. The van der Waals surface area contributed by atoms with Gasteiger partial charge in [0.05, 0.1) is 33.5 Å². The van der Waals surface area contributed by atoms with Gasteiger partial charge >= 0.3 is 0 Å². The molecule has 2 fully saturated rings. The molecule has 3 heterocycles. The highest BCUT2D eigenvalue weighted by molar-refractivity contribution is 6.34. The van der Waals surface area contributed by atoms with Crippen LogP contribution in [0.5, 0.6) is 0 Å². The SMILES string of the molecule is O=C(NC1CC1)c1ccc(-c2cnc3c(NCCCN4CCCC4=O)nc4ccc(F)cc4n23)cc1Cl. The molecule has 0 atom stereocenters. The summed E-state index contributed by atoms with van der Waals surface area (Å²) in [4.78, 5) is 35.6. The first-order chi connectivity index (χ1) is 18.0. The highest BCUT2D eigenvalue weighted by atomic mass is 35.5. The average molecular weight is 521 g/mol. The lowest BCUT2D eigenvalue weighted by molar-refractivity contribution is -0.127. The second-order valence-electron chi connectivity index (χ2n) is 9.60. The maximum absolute atomic E-state index is 14.3. The maximum Gasteiger partial charge on any atom is 0.253 e. The number of halogens is 2. The Bertz CT molecular complexity index is 1530. The van der Waals surface area contributed by atoms with Crippen molar-refractivity contribution >= 4 is 45.9 Å². The van der Waals surface area contributed by atoms with Crippen LogP contribution >= 0.6 is 11.6 Å². The van der Waals surface area contributed by atoms with E-state index in [0.29, 0.717) is 58.3 Å². The zero-order valence-electron chi connectivity index (χ0n) is 20.1. The maximum atomic E-state index is 14.3. The second kappa shape index (κ2) is 9.63. The number of fused-ring (bicyclic) bond motifs is 3. The second-order valence-corrected chi connectivity index (χ2v) is 10.0. The van der Waals surface area contributed by atoms with Gasteiger partial charge in [0.2, 0.25) is 5.91 Å². The molecule has 6 rings (SSSR count).